The number of hydrogen-bond donors (Lipinski definition) is 0. The van der Waals surface area contributed by atoms with Crippen LogP contribution in [0.1, 0.15) is 15.9 Å². The summed E-state index contributed by atoms with van der Waals surface area (Å²) in [5, 5.41) is 1.18. The van der Waals surface area contributed by atoms with Crippen LogP contribution < -0.4 is 9.47 Å². The van der Waals surface area contributed by atoms with Gasteiger partial charge in [-0.05, 0) is 35.9 Å². The number of methoxy groups -OCH3 is 1. The van der Waals surface area contributed by atoms with Crippen molar-refractivity contribution < 1.29 is 23.0 Å². The van der Waals surface area contributed by atoms with Crippen molar-refractivity contribution in [2.75, 3.05) is 14.2 Å². The lowest BCUT2D eigenvalue weighted by molar-refractivity contribution is -0.0512. The average Bonchev–Trinajstić information content (AvgIpc) is 2.66. The summed E-state index contributed by atoms with van der Waals surface area (Å²) < 4.78 is 34.7. The van der Waals surface area contributed by atoms with Crippen LogP contribution in [0.15, 0.2) is 48.7 Å². The Kier molecular flexibility index (Phi) is 5.94. The molecule has 1 heterocycles. The molecule has 3 rings (SSSR count). The molecule has 0 saturated carbocycles. The number of halogens is 3. The molecule has 0 aliphatic heterocycles. The maximum Gasteiger partial charge on any atom is 0.387 e. The number of aromatic nitrogens is 1. The van der Waals surface area contributed by atoms with Crippen LogP contribution in [0.3, 0.4) is 0 Å². The second-order valence-electron chi connectivity index (χ2n) is 6.05. The highest BCUT2D eigenvalue weighted by Crippen LogP contribution is 2.30. The van der Waals surface area contributed by atoms with E-state index in [2.05, 4.69) is 9.72 Å². The molecule has 0 radical (unpaired) electrons. The van der Waals surface area contributed by atoms with Gasteiger partial charge in [0.15, 0.2) is 11.5 Å². The van der Waals surface area contributed by atoms with Crippen LogP contribution in [-0.2, 0) is 6.54 Å². The van der Waals surface area contributed by atoms with E-state index in [0.717, 1.165) is 5.39 Å². The molecule has 1 amide bonds. The first-order valence-corrected chi connectivity index (χ1v) is 8.68. The standard InChI is InChI=1S/C20H17ClF2N2O3/c1-25(11-12-5-6-16(27-2)17(8-12)28-20(22)23)19(26)15-10-14(21)9-13-4-3-7-24-18(13)15/h3-10,20H,11H2,1-2H3. The number of alkyl halides is 2. The van der Waals surface area contributed by atoms with E-state index in [1.807, 2.05) is 6.07 Å². The molecule has 3 aromatic rings. The first-order chi connectivity index (χ1) is 13.4. The molecule has 1 aromatic heterocycles. The molecule has 0 fully saturated rings. The minimum absolute atomic E-state index is 0.0919. The third kappa shape index (κ3) is 4.31. The Morgan fingerprint density at radius 1 is 1.21 bits per heavy atom. The Balaban J connectivity index is 1.87. The van der Waals surface area contributed by atoms with Crippen LogP contribution >= 0.6 is 11.6 Å². The molecule has 0 aliphatic carbocycles. The molecule has 0 bridgehead atoms. The van der Waals surface area contributed by atoms with E-state index in [1.165, 1.54) is 24.1 Å². The average molecular weight is 407 g/mol. The summed E-state index contributed by atoms with van der Waals surface area (Å²) >= 11 is 6.14. The normalized spacial score (nSPS) is 10.9. The van der Waals surface area contributed by atoms with Crippen LogP contribution in [-0.4, -0.2) is 36.6 Å². The number of rotatable bonds is 6. The summed E-state index contributed by atoms with van der Waals surface area (Å²) in [6.07, 6.45) is 1.60. The summed E-state index contributed by atoms with van der Waals surface area (Å²) in [4.78, 5) is 18.7. The number of benzene rings is 2. The number of hydrogen-bond acceptors (Lipinski definition) is 4. The second kappa shape index (κ2) is 8.39. The van der Waals surface area contributed by atoms with E-state index in [4.69, 9.17) is 16.3 Å². The van der Waals surface area contributed by atoms with Gasteiger partial charge in [-0.25, -0.2) is 0 Å². The van der Waals surface area contributed by atoms with E-state index in [0.29, 0.717) is 21.7 Å². The third-order valence-electron chi connectivity index (χ3n) is 4.11. The van der Waals surface area contributed by atoms with Gasteiger partial charge in [0, 0.05) is 30.2 Å². The SMILES string of the molecule is COc1ccc(CN(C)C(=O)c2cc(Cl)cc3cccnc23)cc1OC(F)F. The predicted octanol–water partition coefficient (Wildman–Crippen LogP) is 4.77. The molecule has 8 heteroatoms. The quantitative estimate of drug-likeness (QED) is 0.591. The van der Waals surface area contributed by atoms with Gasteiger partial charge in [0.1, 0.15) is 0 Å². The van der Waals surface area contributed by atoms with Gasteiger partial charge in [-0.3, -0.25) is 9.78 Å². The zero-order valence-electron chi connectivity index (χ0n) is 15.2. The largest absolute Gasteiger partial charge is 0.493 e. The number of nitrogens with zero attached hydrogens (tertiary/aromatic N) is 2. The minimum atomic E-state index is -2.98. The fraction of sp³-hybridized carbons (Fsp3) is 0.200. The van der Waals surface area contributed by atoms with E-state index in [1.54, 1.807) is 37.5 Å². The number of pyridine rings is 1. The highest BCUT2D eigenvalue weighted by atomic mass is 35.5. The van der Waals surface area contributed by atoms with Crippen molar-refractivity contribution in [3.05, 3.63) is 64.8 Å². The third-order valence-corrected chi connectivity index (χ3v) is 4.33. The molecule has 0 atom stereocenters. The Hall–Kier alpha value is -2.93. The molecular weight excluding hydrogens is 390 g/mol. The molecular formula is C20H17ClF2N2O3. The first-order valence-electron chi connectivity index (χ1n) is 8.30. The van der Waals surface area contributed by atoms with Crippen molar-refractivity contribution >= 4 is 28.4 Å². The van der Waals surface area contributed by atoms with E-state index < -0.39 is 6.61 Å². The van der Waals surface area contributed by atoms with Crippen molar-refractivity contribution in [3.63, 3.8) is 0 Å². The van der Waals surface area contributed by atoms with E-state index in [-0.39, 0.29) is 24.0 Å². The van der Waals surface area contributed by atoms with Gasteiger partial charge in [0.05, 0.1) is 18.2 Å². The van der Waals surface area contributed by atoms with Crippen molar-refractivity contribution in [1.82, 2.24) is 9.88 Å². The molecule has 0 spiro atoms. The number of ether oxygens (including phenoxy) is 2. The first kappa shape index (κ1) is 19.8. The van der Waals surface area contributed by atoms with E-state index >= 15 is 0 Å². The summed E-state index contributed by atoms with van der Waals surface area (Å²) in [7, 11) is 2.97. The molecule has 0 unspecified atom stereocenters. The highest BCUT2D eigenvalue weighted by Gasteiger charge is 2.18. The number of fused-ring (bicyclic) bond motifs is 1. The van der Waals surface area contributed by atoms with Gasteiger partial charge in [-0.15, -0.1) is 0 Å². The molecule has 2 aromatic carbocycles. The minimum Gasteiger partial charge on any atom is -0.493 e. The molecule has 5 nitrogen and oxygen atoms in total. The number of carbonyl (C=O) groups excluding carboxylic acids is 1. The molecule has 28 heavy (non-hydrogen) atoms. The van der Waals surface area contributed by atoms with Crippen LogP contribution in [0.2, 0.25) is 5.02 Å². The molecule has 0 N–H and O–H groups in total. The maximum atomic E-state index is 13.0. The zero-order valence-corrected chi connectivity index (χ0v) is 15.9. The predicted molar refractivity (Wildman–Crippen MR) is 102 cm³/mol. The van der Waals surface area contributed by atoms with Crippen LogP contribution in [0, 0.1) is 0 Å². The van der Waals surface area contributed by atoms with Crippen LogP contribution in [0.5, 0.6) is 11.5 Å². The van der Waals surface area contributed by atoms with Gasteiger partial charge in [0.2, 0.25) is 0 Å². The Morgan fingerprint density at radius 2 is 2.00 bits per heavy atom. The fourth-order valence-corrected chi connectivity index (χ4v) is 3.10. The van der Waals surface area contributed by atoms with E-state index in [9.17, 15) is 13.6 Å². The highest BCUT2D eigenvalue weighted by molar-refractivity contribution is 6.32. The van der Waals surface area contributed by atoms with Gasteiger partial charge >= 0.3 is 6.61 Å². The molecule has 0 saturated heterocycles. The smallest absolute Gasteiger partial charge is 0.387 e. The molecule has 0 aliphatic rings. The Labute approximate surface area is 165 Å². The van der Waals surface area contributed by atoms with Gasteiger partial charge in [-0.1, -0.05) is 23.7 Å². The number of carbonyl (C=O) groups is 1. The second-order valence-corrected chi connectivity index (χ2v) is 6.49. The number of amides is 1. The summed E-state index contributed by atoms with van der Waals surface area (Å²) in [6.45, 7) is -2.81. The lowest BCUT2D eigenvalue weighted by Crippen LogP contribution is -2.26. The topological polar surface area (TPSA) is 51.7 Å². The fourth-order valence-electron chi connectivity index (χ4n) is 2.88. The summed E-state index contributed by atoms with van der Waals surface area (Å²) in [5.74, 6) is -0.202. The zero-order chi connectivity index (χ0) is 20.3. The monoisotopic (exact) mass is 406 g/mol. The Morgan fingerprint density at radius 3 is 2.71 bits per heavy atom. The lowest BCUT2D eigenvalue weighted by atomic mass is 10.1. The van der Waals surface area contributed by atoms with Gasteiger partial charge < -0.3 is 14.4 Å². The summed E-state index contributed by atoms with van der Waals surface area (Å²) in [6, 6.07) is 11.5. The van der Waals surface area contributed by atoms with Crippen molar-refractivity contribution in [2.45, 2.75) is 13.2 Å². The van der Waals surface area contributed by atoms with Crippen LogP contribution in [0.25, 0.3) is 10.9 Å². The van der Waals surface area contributed by atoms with Gasteiger partial charge in [0.25, 0.3) is 5.91 Å². The van der Waals surface area contributed by atoms with Crippen molar-refractivity contribution in [2.24, 2.45) is 0 Å². The maximum absolute atomic E-state index is 13.0. The van der Waals surface area contributed by atoms with Gasteiger partial charge in [-0.2, -0.15) is 8.78 Å². The van der Waals surface area contributed by atoms with Crippen LogP contribution in [0.4, 0.5) is 8.78 Å². The van der Waals surface area contributed by atoms with Crippen molar-refractivity contribution in [1.29, 1.82) is 0 Å². The van der Waals surface area contributed by atoms with Crippen molar-refractivity contribution in [3.8, 4) is 11.5 Å². The molecule has 146 valence electrons. The Bertz CT molecular complexity index is 1010. The lowest BCUT2D eigenvalue weighted by Gasteiger charge is -2.19. The summed E-state index contributed by atoms with van der Waals surface area (Å²) in [5.41, 5.74) is 1.51.